The molecule has 3 nitrogen and oxygen atoms in total. The van der Waals surface area contributed by atoms with E-state index in [0.29, 0.717) is 18.4 Å². The number of halogens is 3. The number of hydrogen-bond donors (Lipinski definition) is 1. The first-order chi connectivity index (χ1) is 12.9. The van der Waals surface area contributed by atoms with Crippen molar-refractivity contribution < 1.29 is 17.6 Å². The zero-order valence-electron chi connectivity index (χ0n) is 14.5. The van der Waals surface area contributed by atoms with E-state index < -0.39 is 17.4 Å². The highest BCUT2D eigenvalue weighted by atomic mass is 19.4. The topological polar surface area (TPSA) is 42.2 Å². The van der Waals surface area contributed by atoms with E-state index in [4.69, 9.17) is 4.42 Å². The van der Waals surface area contributed by atoms with Crippen LogP contribution in [0.25, 0.3) is 11.0 Å². The standard InChI is InChI=1S/C21H18F3NO2/c22-21(23,24)17-10-20(26)27-19-11-18-15(9-16(17)19)7-6-14(12-25-18)8-13-4-2-1-3-5-13/h1-5,9-11,14,25H,6-8,12H2. The second-order valence-corrected chi connectivity index (χ2v) is 6.96. The molecule has 1 aromatic heterocycles. The van der Waals surface area contributed by atoms with Crippen molar-refractivity contribution in [2.75, 3.05) is 11.9 Å². The van der Waals surface area contributed by atoms with E-state index >= 15 is 0 Å². The van der Waals surface area contributed by atoms with Crippen molar-refractivity contribution in [2.24, 2.45) is 5.92 Å². The molecule has 0 spiro atoms. The molecule has 4 rings (SSSR count). The van der Waals surface area contributed by atoms with E-state index in [0.717, 1.165) is 30.6 Å². The average Bonchev–Trinajstić information content (AvgIpc) is 2.82. The molecule has 1 N–H and O–H groups in total. The van der Waals surface area contributed by atoms with Gasteiger partial charge in [0.2, 0.25) is 0 Å². The lowest BCUT2D eigenvalue weighted by Crippen LogP contribution is -2.15. The zero-order valence-corrected chi connectivity index (χ0v) is 14.5. The van der Waals surface area contributed by atoms with E-state index in [1.165, 1.54) is 17.7 Å². The highest BCUT2D eigenvalue weighted by Gasteiger charge is 2.34. The van der Waals surface area contributed by atoms with Gasteiger partial charge >= 0.3 is 11.8 Å². The molecule has 0 aliphatic carbocycles. The fourth-order valence-electron chi connectivity index (χ4n) is 3.70. The number of benzene rings is 2. The van der Waals surface area contributed by atoms with Crippen molar-refractivity contribution in [1.29, 1.82) is 0 Å². The van der Waals surface area contributed by atoms with Crippen molar-refractivity contribution in [3.05, 3.63) is 75.6 Å². The Bertz CT molecular complexity index is 1030. The average molecular weight is 373 g/mol. The van der Waals surface area contributed by atoms with Crippen LogP contribution in [0.3, 0.4) is 0 Å². The Morgan fingerprint density at radius 3 is 2.63 bits per heavy atom. The molecule has 1 unspecified atom stereocenters. The summed E-state index contributed by atoms with van der Waals surface area (Å²) in [6.45, 7) is 0.719. The van der Waals surface area contributed by atoms with E-state index in [9.17, 15) is 18.0 Å². The summed E-state index contributed by atoms with van der Waals surface area (Å²) in [6.07, 6.45) is -2.15. The summed E-state index contributed by atoms with van der Waals surface area (Å²) in [5.41, 5.74) is 0.818. The first-order valence-electron chi connectivity index (χ1n) is 8.86. The molecule has 0 bridgehead atoms. The quantitative estimate of drug-likeness (QED) is 0.641. The van der Waals surface area contributed by atoms with Gasteiger partial charge in [-0.05, 0) is 42.4 Å². The van der Waals surface area contributed by atoms with Gasteiger partial charge in [0.1, 0.15) is 5.58 Å². The van der Waals surface area contributed by atoms with Crippen molar-refractivity contribution in [2.45, 2.75) is 25.4 Å². The largest absolute Gasteiger partial charge is 0.423 e. The van der Waals surface area contributed by atoms with Crippen LogP contribution in [0.5, 0.6) is 0 Å². The summed E-state index contributed by atoms with van der Waals surface area (Å²) in [4.78, 5) is 11.6. The summed E-state index contributed by atoms with van der Waals surface area (Å²) in [6, 6.07) is 13.7. The molecule has 0 fully saturated rings. The highest BCUT2D eigenvalue weighted by Crippen LogP contribution is 2.37. The molecule has 3 aromatic rings. The number of aryl methyl sites for hydroxylation is 1. The second kappa shape index (κ2) is 6.76. The van der Waals surface area contributed by atoms with Gasteiger partial charge in [-0.25, -0.2) is 4.79 Å². The summed E-state index contributed by atoms with van der Waals surface area (Å²) >= 11 is 0. The van der Waals surface area contributed by atoms with Crippen molar-refractivity contribution in [3.63, 3.8) is 0 Å². The van der Waals surface area contributed by atoms with Crippen LogP contribution >= 0.6 is 0 Å². The van der Waals surface area contributed by atoms with Gasteiger partial charge in [0, 0.05) is 29.8 Å². The molecule has 0 radical (unpaired) electrons. The third kappa shape index (κ3) is 3.70. The Balaban J connectivity index is 1.67. The van der Waals surface area contributed by atoms with E-state index in [2.05, 4.69) is 17.4 Å². The second-order valence-electron chi connectivity index (χ2n) is 6.96. The molecule has 1 aliphatic rings. The Kier molecular flexibility index (Phi) is 4.42. The van der Waals surface area contributed by atoms with Gasteiger partial charge in [-0.2, -0.15) is 13.2 Å². The molecule has 1 aliphatic heterocycles. The fraction of sp³-hybridized carbons (Fsp3) is 0.286. The molecule has 0 saturated heterocycles. The molecular weight excluding hydrogens is 355 g/mol. The minimum atomic E-state index is -4.60. The summed E-state index contributed by atoms with van der Waals surface area (Å²) in [5.74, 6) is 0.372. The van der Waals surface area contributed by atoms with Crippen molar-refractivity contribution in [1.82, 2.24) is 0 Å². The molecule has 1 atom stereocenters. The predicted octanol–water partition coefficient (Wildman–Crippen LogP) is 5.03. The third-order valence-corrected chi connectivity index (χ3v) is 5.04. The Morgan fingerprint density at radius 1 is 1.11 bits per heavy atom. The van der Waals surface area contributed by atoms with Gasteiger partial charge in [0.05, 0.1) is 5.56 Å². The van der Waals surface area contributed by atoms with Gasteiger partial charge in [-0.15, -0.1) is 0 Å². The van der Waals surface area contributed by atoms with Gasteiger partial charge in [-0.1, -0.05) is 30.3 Å². The van der Waals surface area contributed by atoms with Gasteiger partial charge < -0.3 is 9.73 Å². The van der Waals surface area contributed by atoms with Crippen LogP contribution in [0.2, 0.25) is 0 Å². The molecule has 6 heteroatoms. The molecule has 2 aromatic carbocycles. The van der Waals surface area contributed by atoms with Crippen LogP contribution in [0, 0.1) is 5.92 Å². The molecule has 2 heterocycles. The normalized spacial score (nSPS) is 17.2. The van der Waals surface area contributed by atoms with Crippen LogP contribution in [0.4, 0.5) is 18.9 Å². The summed E-state index contributed by atoms with van der Waals surface area (Å²) in [5, 5.41) is 3.26. The lowest BCUT2D eigenvalue weighted by Gasteiger charge is -2.14. The monoisotopic (exact) mass is 373 g/mol. The Labute approximate surface area is 153 Å². The van der Waals surface area contributed by atoms with Gasteiger partial charge in [0.25, 0.3) is 0 Å². The number of anilines is 1. The van der Waals surface area contributed by atoms with Gasteiger partial charge in [-0.3, -0.25) is 0 Å². The van der Waals surface area contributed by atoms with Gasteiger partial charge in [0.15, 0.2) is 0 Å². The summed E-state index contributed by atoms with van der Waals surface area (Å²) < 4.78 is 45.0. The first kappa shape index (κ1) is 17.6. The maximum atomic E-state index is 13.3. The molecule has 140 valence electrons. The van der Waals surface area contributed by atoms with Crippen molar-refractivity contribution in [3.8, 4) is 0 Å². The van der Waals surface area contributed by atoms with Crippen LogP contribution in [-0.4, -0.2) is 6.54 Å². The maximum Gasteiger partial charge on any atom is 0.417 e. The minimum Gasteiger partial charge on any atom is -0.423 e. The molecule has 0 saturated carbocycles. The SMILES string of the molecule is O=c1cc(C(F)(F)F)c2cc3c(cc2o1)NCC(Cc1ccccc1)CC3. The number of alkyl halides is 3. The number of nitrogens with one attached hydrogen (secondary N) is 1. The highest BCUT2D eigenvalue weighted by molar-refractivity contribution is 5.85. The maximum absolute atomic E-state index is 13.3. The molecule has 27 heavy (non-hydrogen) atoms. The van der Waals surface area contributed by atoms with E-state index in [-0.39, 0.29) is 11.0 Å². The first-order valence-corrected chi connectivity index (χ1v) is 8.86. The minimum absolute atomic E-state index is 0.0393. The van der Waals surface area contributed by atoms with Crippen molar-refractivity contribution >= 4 is 16.7 Å². The van der Waals surface area contributed by atoms with E-state index in [1.807, 2.05) is 18.2 Å². The number of fused-ring (bicyclic) bond motifs is 2. The van der Waals surface area contributed by atoms with Crippen LogP contribution < -0.4 is 10.9 Å². The smallest absolute Gasteiger partial charge is 0.417 e. The predicted molar refractivity (Wildman–Crippen MR) is 97.9 cm³/mol. The molecular formula is C21H18F3NO2. The third-order valence-electron chi connectivity index (χ3n) is 5.04. The van der Waals surface area contributed by atoms with Crippen LogP contribution in [0.1, 0.15) is 23.1 Å². The van der Waals surface area contributed by atoms with Crippen LogP contribution in [-0.2, 0) is 19.0 Å². The lowest BCUT2D eigenvalue weighted by molar-refractivity contribution is -0.136. The number of rotatable bonds is 2. The van der Waals surface area contributed by atoms with E-state index in [1.54, 1.807) is 0 Å². The summed E-state index contributed by atoms with van der Waals surface area (Å²) in [7, 11) is 0. The van der Waals surface area contributed by atoms with Crippen LogP contribution in [0.15, 0.2) is 57.7 Å². The Morgan fingerprint density at radius 2 is 1.89 bits per heavy atom. The Hall–Kier alpha value is -2.76. The zero-order chi connectivity index (χ0) is 19.0. The molecule has 0 amide bonds. The lowest BCUT2D eigenvalue weighted by atomic mass is 9.93. The number of hydrogen-bond acceptors (Lipinski definition) is 3. The fourth-order valence-corrected chi connectivity index (χ4v) is 3.70.